The number of likely N-dealkylation sites (N-methyl/N-ethyl adjacent to an activating group) is 2. The summed E-state index contributed by atoms with van der Waals surface area (Å²) in [4.78, 5) is 8.59. The Balaban J connectivity index is 2.64. The van der Waals surface area contributed by atoms with Crippen LogP contribution in [0.2, 0.25) is 0 Å². The summed E-state index contributed by atoms with van der Waals surface area (Å²) in [6.45, 7) is 2.65. The molecule has 0 spiro atoms. The molecule has 0 aliphatic heterocycles. The van der Waals surface area contributed by atoms with E-state index in [0.29, 0.717) is 6.54 Å². The van der Waals surface area contributed by atoms with Gasteiger partial charge in [0.2, 0.25) is 0 Å². The van der Waals surface area contributed by atoms with Crippen molar-refractivity contribution in [1.82, 2.24) is 19.4 Å². The zero-order chi connectivity index (χ0) is 12.1. The van der Waals surface area contributed by atoms with Gasteiger partial charge in [-0.05, 0) is 21.1 Å². The molecule has 5 heteroatoms. The van der Waals surface area contributed by atoms with Crippen LogP contribution in [-0.4, -0.2) is 60.1 Å². The number of imidazole rings is 1. The van der Waals surface area contributed by atoms with Gasteiger partial charge in [-0.1, -0.05) is 0 Å². The van der Waals surface area contributed by atoms with E-state index in [1.54, 1.807) is 0 Å². The Morgan fingerprint density at radius 3 is 2.50 bits per heavy atom. The van der Waals surface area contributed by atoms with Crippen LogP contribution < -0.4 is 5.73 Å². The Hall–Kier alpha value is -0.910. The summed E-state index contributed by atoms with van der Waals surface area (Å²) in [5.41, 5.74) is 7.01. The summed E-state index contributed by atoms with van der Waals surface area (Å²) in [6, 6.07) is 0.243. The lowest BCUT2D eigenvalue weighted by molar-refractivity contribution is 0.217. The number of aromatic nitrogens is 2. The van der Waals surface area contributed by atoms with E-state index < -0.39 is 0 Å². The van der Waals surface area contributed by atoms with Gasteiger partial charge in [-0.25, -0.2) is 4.98 Å². The Labute approximate surface area is 97.8 Å². The van der Waals surface area contributed by atoms with Gasteiger partial charge in [0, 0.05) is 32.9 Å². The second-order valence-corrected chi connectivity index (χ2v) is 4.46. The first-order valence-electron chi connectivity index (χ1n) is 5.57. The SMILES string of the molecule is CN(C)CCN(C)C(CN)c1cncn1C. The lowest BCUT2D eigenvalue weighted by Crippen LogP contribution is -2.36. The first-order chi connectivity index (χ1) is 7.56. The molecule has 1 aromatic heterocycles. The molecule has 0 aliphatic rings. The summed E-state index contributed by atoms with van der Waals surface area (Å²) in [5.74, 6) is 0. The lowest BCUT2D eigenvalue weighted by atomic mass is 10.2. The zero-order valence-electron chi connectivity index (χ0n) is 10.7. The van der Waals surface area contributed by atoms with E-state index in [4.69, 9.17) is 5.73 Å². The first kappa shape index (κ1) is 13.2. The zero-order valence-corrected chi connectivity index (χ0v) is 10.7. The van der Waals surface area contributed by atoms with E-state index >= 15 is 0 Å². The number of hydrogen-bond acceptors (Lipinski definition) is 4. The maximum absolute atomic E-state index is 5.84. The average Bonchev–Trinajstić information content (AvgIpc) is 2.63. The minimum Gasteiger partial charge on any atom is -0.336 e. The molecule has 1 heterocycles. The third-order valence-electron chi connectivity index (χ3n) is 2.85. The van der Waals surface area contributed by atoms with Crippen LogP contribution in [0, 0.1) is 0 Å². The van der Waals surface area contributed by atoms with Gasteiger partial charge in [-0.3, -0.25) is 4.90 Å². The third kappa shape index (κ3) is 3.30. The average molecular weight is 225 g/mol. The van der Waals surface area contributed by atoms with Crippen LogP contribution >= 0.6 is 0 Å². The van der Waals surface area contributed by atoms with Crippen molar-refractivity contribution in [2.75, 3.05) is 40.8 Å². The monoisotopic (exact) mass is 225 g/mol. The fourth-order valence-corrected chi connectivity index (χ4v) is 1.73. The maximum atomic E-state index is 5.84. The van der Waals surface area contributed by atoms with Crippen LogP contribution in [0.1, 0.15) is 11.7 Å². The summed E-state index contributed by atoms with van der Waals surface area (Å²) in [7, 11) is 8.27. The minimum absolute atomic E-state index is 0.243. The lowest BCUT2D eigenvalue weighted by Gasteiger charge is -2.28. The van der Waals surface area contributed by atoms with Gasteiger partial charge in [0.15, 0.2) is 0 Å². The van der Waals surface area contributed by atoms with Gasteiger partial charge in [0.05, 0.1) is 18.1 Å². The normalized spacial score (nSPS) is 13.7. The highest BCUT2D eigenvalue weighted by Crippen LogP contribution is 2.16. The van der Waals surface area contributed by atoms with Gasteiger partial charge < -0.3 is 15.2 Å². The summed E-state index contributed by atoms with van der Waals surface area (Å²) in [5, 5.41) is 0. The van der Waals surface area contributed by atoms with Crippen molar-refractivity contribution >= 4 is 0 Å². The van der Waals surface area contributed by atoms with Crippen LogP contribution in [0.25, 0.3) is 0 Å². The molecule has 0 amide bonds. The molecule has 1 atom stereocenters. The molecule has 5 nitrogen and oxygen atoms in total. The van der Waals surface area contributed by atoms with Gasteiger partial charge in [-0.15, -0.1) is 0 Å². The number of aryl methyl sites for hydroxylation is 1. The third-order valence-corrected chi connectivity index (χ3v) is 2.85. The molecule has 0 radical (unpaired) electrons. The molecule has 92 valence electrons. The molecular formula is C11H23N5. The van der Waals surface area contributed by atoms with Crippen molar-refractivity contribution in [1.29, 1.82) is 0 Å². The van der Waals surface area contributed by atoms with Crippen LogP contribution in [0.4, 0.5) is 0 Å². The molecule has 1 unspecified atom stereocenters. The smallest absolute Gasteiger partial charge is 0.0946 e. The standard InChI is InChI=1S/C11H23N5/c1-14(2)5-6-15(3)10(7-12)11-8-13-9-16(11)4/h8-10H,5-7,12H2,1-4H3. The Kier molecular flexibility index (Phi) is 4.92. The van der Waals surface area contributed by atoms with Crippen LogP contribution in [0.5, 0.6) is 0 Å². The van der Waals surface area contributed by atoms with Crippen molar-refractivity contribution in [3.05, 3.63) is 18.2 Å². The second kappa shape index (κ2) is 5.98. The van der Waals surface area contributed by atoms with Crippen molar-refractivity contribution in [3.8, 4) is 0 Å². The Morgan fingerprint density at radius 2 is 2.06 bits per heavy atom. The Bertz CT molecular complexity index is 307. The molecule has 0 aliphatic carbocycles. The van der Waals surface area contributed by atoms with Crippen molar-refractivity contribution < 1.29 is 0 Å². The van der Waals surface area contributed by atoms with E-state index in [2.05, 4.69) is 35.9 Å². The van der Waals surface area contributed by atoms with Crippen LogP contribution in [-0.2, 0) is 7.05 Å². The molecule has 0 fully saturated rings. The summed E-state index contributed by atoms with van der Waals surface area (Å²) < 4.78 is 2.03. The quantitative estimate of drug-likeness (QED) is 0.735. The van der Waals surface area contributed by atoms with Gasteiger partial charge in [0.25, 0.3) is 0 Å². The molecule has 16 heavy (non-hydrogen) atoms. The molecule has 0 aromatic carbocycles. The molecule has 1 rings (SSSR count). The number of nitrogens with zero attached hydrogens (tertiary/aromatic N) is 4. The van der Waals surface area contributed by atoms with Crippen LogP contribution in [0.3, 0.4) is 0 Å². The summed E-state index contributed by atoms with van der Waals surface area (Å²) >= 11 is 0. The molecule has 0 bridgehead atoms. The van der Waals surface area contributed by atoms with Gasteiger partial charge in [-0.2, -0.15) is 0 Å². The largest absolute Gasteiger partial charge is 0.336 e. The Morgan fingerprint density at radius 1 is 1.38 bits per heavy atom. The van der Waals surface area contributed by atoms with E-state index in [0.717, 1.165) is 13.1 Å². The van der Waals surface area contributed by atoms with E-state index in [9.17, 15) is 0 Å². The predicted molar refractivity (Wildman–Crippen MR) is 66.2 cm³/mol. The summed E-state index contributed by atoms with van der Waals surface area (Å²) in [6.07, 6.45) is 3.71. The number of hydrogen-bond donors (Lipinski definition) is 1. The fraction of sp³-hybridized carbons (Fsp3) is 0.727. The molecule has 1 aromatic rings. The van der Waals surface area contributed by atoms with Crippen molar-refractivity contribution in [2.24, 2.45) is 12.8 Å². The van der Waals surface area contributed by atoms with Crippen LogP contribution in [0.15, 0.2) is 12.5 Å². The molecular weight excluding hydrogens is 202 g/mol. The van der Waals surface area contributed by atoms with Gasteiger partial charge >= 0.3 is 0 Å². The van der Waals surface area contributed by atoms with Crippen molar-refractivity contribution in [2.45, 2.75) is 6.04 Å². The van der Waals surface area contributed by atoms with E-state index in [1.165, 1.54) is 5.69 Å². The highest BCUT2D eigenvalue weighted by Gasteiger charge is 2.17. The van der Waals surface area contributed by atoms with Crippen molar-refractivity contribution in [3.63, 3.8) is 0 Å². The molecule has 2 N–H and O–H groups in total. The molecule has 0 saturated heterocycles. The number of nitrogens with two attached hydrogens (primary N) is 1. The minimum atomic E-state index is 0.243. The van der Waals surface area contributed by atoms with Gasteiger partial charge in [0.1, 0.15) is 0 Å². The topological polar surface area (TPSA) is 50.3 Å². The van der Waals surface area contributed by atoms with E-state index in [1.807, 2.05) is 24.1 Å². The fourth-order valence-electron chi connectivity index (χ4n) is 1.73. The highest BCUT2D eigenvalue weighted by atomic mass is 15.2. The maximum Gasteiger partial charge on any atom is 0.0946 e. The van der Waals surface area contributed by atoms with E-state index in [-0.39, 0.29) is 6.04 Å². The first-order valence-corrected chi connectivity index (χ1v) is 5.57. The predicted octanol–water partition coefficient (Wildman–Crippen LogP) is -0.0867. The number of rotatable bonds is 6. The molecule has 0 saturated carbocycles. The second-order valence-electron chi connectivity index (χ2n) is 4.46. The highest BCUT2D eigenvalue weighted by molar-refractivity contribution is 5.05.